The fraction of sp³-hybridized carbons (Fsp3) is 0.571. The summed E-state index contributed by atoms with van der Waals surface area (Å²) in [5.74, 6) is 1.73. The number of rotatable bonds is 1. The van der Waals surface area contributed by atoms with E-state index >= 15 is 0 Å². The van der Waals surface area contributed by atoms with Crippen LogP contribution in [-0.2, 0) is 0 Å². The fourth-order valence-corrected chi connectivity index (χ4v) is 3.97. The average Bonchev–Trinajstić information content (AvgIpc) is 2.96. The Morgan fingerprint density at radius 3 is 2.42 bits per heavy atom. The first-order valence-corrected chi connectivity index (χ1v) is 7.79. The van der Waals surface area contributed by atoms with Crippen LogP contribution in [0.4, 0.5) is 11.4 Å². The van der Waals surface area contributed by atoms with E-state index in [0.717, 1.165) is 52.0 Å². The van der Waals surface area contributed by atoms with Gasteiger partial charge < -0.3 is 16.2 Å². The van der Waals surface area contributed by atoms with Gasteiger partial charge in [0.25, 0.3) is 0 Å². The van der Waals surface area contributed by atoms with Gasteiger partial charge >= 0.3 is 0 Å². The predicted octanol–water partition coefficient (Wildman–Crippen LogP) is 2.37. The summed E-state index contributed by atoms with van der Waals surface area (Å²) < 4.78 is 6.16. The van der Waals surface area contributed by atoms with E-state index in [1.54, 1.807) is 11.8 Å². The van der Waals surface area contributed by atoms with E-state index in [1.807, 2.05) is 13.8 Å². The molecule has 0 radical (unpaired) electrons. The Hall–Kier alpha value is -1.07. The maximum absolute atomic E-state index is 6.22. The predicted molar refractivity (Wildman–Crippen MR) is 80.7 cm³/mol. The van der Waals surface area contributed by atoms with Crippen molar-refractivity contribution in [2.75, 3.05) is 30.3 Å². The highest BCUT2D eigenvalue weighted by Crippen LogP contribution is 2.47. The molecule has 0 amide bonds. The standard InChI is InChI=1S/C14H21N3OS/c1-8-9(2)12(16)14-13(11(8)15)18-10(7-19-14)17-5-3-4-6-17/h10H,3-7,15-16H2,1-2H3. The molecule has 2 heterocycles. The van der Waals surface area contributed by atoms with Crippen molar-refractivity contribution in [3.05, 3.63) is 11.1 Å². The Balaban J connectivity index is 1.96. The second-order valence-electron chi connectivity index (χ2n) is 5.36. The number of nitrogens with zero attached hydrogens (tertiary/aromatic N) is 1. The third-order valence-electron chi connectivity index (χ3n) is 4.24. The third kappa shape index (κ3) is 2.05. The van der Waals surface area contributed by atoms with Crippen molar-refractivity contribution in [1.82, 2.24) is 4.90 Å². The Kier molecular flexibility index (Phi) is 3.27. The molecule has 1 atom stereocenters. The summed E-state index contributed by atoms with van der Waals surface area (Å²) >= 11 is 1.78. The molecule has 0 aromatic heterocycles. The van der Waals surface area contributed by atoms with Crippen LogP contribution in [0.2, 0.25) is 0 Å². The van der Waals surface area contributed by atoms with Gasteiger partial charge in [-0.1, -0.05) is 0 Å². The topological polar surface area (TPSA) is 64.5 Å². The summed E-state index contributed by atoms with van der Waals surface area (Å²) in [6, 6.07) is 0. The molecule has 5 heteroatoms. The molecular formula is C14H21N3OS. The molecule has 4 N–H and O–H groups in total. The maximum atomic E-state index is 6.22. The van der Waals surface area contributed by atoms with E-state index in [1.165, 1.54) is 12.8 Å². The van der Waals surface area contributed by atoms with Crippen LogP contribution in [0.3, 0.4) is 0 Å². The maximum Gasteiger partial charge on any atom is 0.162 e. The van der Waals surface area contributed by atoms with E-state index < -0.39 is 0 Å². The van der Waals surface area contributed by atoms with Gasteiger partial charge in [0, 0.05) is 18.8 Å². The van der Waals surface area contributed by atoms with Crippen LogP contribution in [0, 0.1) is 13.8 Å². The minimum Gasteiger partial charge on any atom is -0.471 e. The molecule has 0 spiro atoms. The summed E-state index contributed by atoms with van der Waals surface area (Å²) in [5.41, 5.74) is 16.1. The number of benzene rings is 1. The lowest BCUT2D eigenvalue weighted by Crippen LogP contribution is -2.41. The summed E-state index contributed by atoms with van der Waals surface area (Å²) in [5, 5.41) is 0. The van der Waals surface area contributed by atoms with Crippen molar-refractivity contribution in [1.29, 1.82) is 0 Å². The average molecular weight is 279 g/mol. The van der Waals surface area contributed by atoms with Crippen LogP contribution in [0.1, 0.15) is 24.0 Å². The first kappa shape index (κ1) is 12.9. The monoisotopic (exact) mass is 279 g/mol. The lowest BCUT2D eigenvalue weighted by molar-refractivity contribution is 0.0584. The second-order valence-corrected chi connectivity index (χ2v) is 6.39. The number of likely N-dealkylation sites (tertiary alicyclic amines) is 1. The second kappa shape index (κ2) is 4.80. The minimum absolute atomic E-state index is 0.142. The number of ether oxygens (including phenoxy) is 1. The molecule has 1 unspecified atom stereocenters. The molecule has 1 aromatic rings. The Morgan fingerprint density at radius 2 is 1.74 bits per heavy atom. The molecule has 0 saturated carbocycles. The normalized spacial score (nSPS) is 23.2. The van der Waals surface area contributed by atoms with Gasteiger partial charge in [0.1, 0.15) is 0 Å². The molecular weight excluding hydrogens is 258 g/mol. The lowest BCUT2D eigenvalue weighted by atomic mass is 10.1. The van der Waals surface area contributed by atoms with E-state index in [0.29, 0.717) is 0 Å². The van der Waals surface area contributed by atoms with Crippen molar-refractivity contribution >= 4 is 23.1 Å². The highest BCUT2D eigenvalue weighted by atomic mass is 32.2. The van der Waals surface area contributed by atoms with Crippen LogP contribution in [0.15, 0.2) is 4.90 Å². The number of nitrogens with two attached hydrogens (primary N) is 2. The molecule has 2 aliphatic heterocycles. The van der Waals surface area contributed by atoms with Crippen molar-refractivity contribution in [3.8, 4) is 5.75 Å². The smallest absolute Gasteiger partial charge is 0.162 e. The minimum atomic E-state index is 0.142. The number of fused-ring (bicyclic) bond motifs is 1. The van der Waals surface area contributed by atoms with Crippen molar-refractivity contribution in [2.24, 2.45) is 0 Å². The first-order chi connectivity index (χ1) is 9.09. The van der Waals surface area contributed by atoms with Crippen molar-refractivity contribution < 1.29 is 4.74 Å². The summed E-state index contributed by atoms with van der Waals surface area (Å²) in [4.78, 5) is 3.43. The molecule has 0 aliphatic carbocycles. The van der Waals surface area contributed by atoms with Crippen molar-refractivity contribution in [3.63, 3.8) is 0 Å². The Morgan fingerprint density at radius 1 is 1.11 bits per heavy atom. The van der Waals surface area contributed by atoms with Gasteiger partial charge in [-0.25, -0.2) is 0 Å². The van der Waals surface area contributed by atoms with Gasteiger partial charge in [-0.05, 0) is 37.8 Å². The largest absolute Gasteiger partial charge is 0.471 e. The molecule has 3 rings (SSSR count). The summed E-state index contributed by atoms with van der Waals surface area (Å²) in [7, 11) is 0. The summed E-state index contributed by atoms with van der Waals surface area (Å²) in [6.07, 6.45) is 2.67. The van der Waals surface area contributed by atoms with Gasteiger partial charge in [0.05, 0.1) is 16.3 Å². The number of anilines is 2. The SMILES string of the molecule is Cc1c(C)c(N)c2c(c1N)OC(N1CCCC1)CS2. The molecule has 19 heavy (non-hydrogen) atoms. The Bertz CT molecular complexity index is 512. The van der Waals surface area contributed by atoms with E-state index in [4.69, 9.17) is 16.2 Å². The highest BCUT2D eigenvalue weighted by Gasteiger charge is 2.31. The molecule has 1 aromatic carbocycles. The molecule has 0 bridgehead atoms. The molecule has 104 valence electrons. The van der Waals surface area contributed by atoms with E-state index in [-0.39, 0.29) is 6.23 Å². The zero-order valence-electron chi connectivity index (χ0n) is 11.5. The molecule has 1 saturated heterocycles. The third-order valence-corrected chi connectivity index (χ3v) is 5.38. The van der Waals surface area contributed by atoms with Crippen LogP contribution in [0.25, 0.3) is 0 Å². The fourth-order valence-electron chi connectivity index (χ4n) is 2.78. The van der Waals surface area contributed by atoms with Crippen LogP contribution < -0.4 is 16.2 Å². The van der Waals surface area contributed by atoms with Crippen molar-refractivity contribution in [2.45, 2.75) is 37.8 Å². The van der Waals surface area contributed by atoms with E-state index in [9.17, 15) is 0 Å². The van der Waals surface area contributed by atoms with Gasteiger partial charge in [-0.3, -0.25) is 4.90 Å². The molecule has 2 aliphatic rings. The van der Waals surface area contributed by atoms with Crippen LogP contribution >= 0.6 is 11.8 Å². The van der Waals surface area contributed by atoms with Gasteiger partial charge in [-0.2, -0.15) is 0 Å². The van der Waals surface area contributed by atoms with Crippen LogP contribution in [0.5, 0.6) is 5.75 Å². The number of hydrogen-bond donors (Lipinski definition) is 2. The van der Waals surface area contributed by atoms with Crippen LogP contribution in [-0.4, -0.2) is 30.0 Å². The summed E-state index contributed by atoms with van der Waals surface area (Å²) in [6.45, 7) is 6.28. The number of hydrogen-bond acceptors (Lipinski definition) is 5. The highest BCUT2D eigenvalue weighted by molar-refractivity contribution is 7.99. The Labute approximate surface area is 118 Å². The zero-order valence-corrected chi connectivity index (χ0v) is 12.3. The van der Waals surface area contributed by atoms with Gasteiger partial charge in [0.15, 0.2) is 12.0 Å². The number of thioether (sulfide) groups is 1. The quantitative estimate of drug-likeness (QED) is 0.773. The molecule has 1 fully saturated rings. The first-order valence-electron chi connectivity index (χ1n) is 6.81. The zero-order chi connectivity index (χ0) is 13.6. The molecule has 4 nitrogen and oxygen atoms in total. The van der Waals surface area contributed by atoms with Gasteiger partial charge in [0.2, 0.25) is 0 Å². The number of nitrogen functional groups attached to an aromatic ring is 2. The van der Waals surface area contributed by atoms with Gasteiger partial charge in [-0.15, -0.1) is 11.8 Å². The van der Waals surface area contributed by atoms with E-state index in [2.05, 4.69) is 4.90 Å². The lowest BCUT2D eigenvalue weighted by Gasteiger charge is -2.34.